The monoisotopic (exact) mass is 494 g/mol. The predicted molar refractivity (Wildman–Crippen MR) is 136 cm³/mol. The molecule has 0 saturated carbocycles. The van der Waals surface area contributed by atoms with Gasteiger partial charge in [0.1, 0.15) is 11.5 Å². The van der Waals surface area contributed by atoms with Gasteiger partial charge in [0.25, 0.3) is 5.91 Å². The zero-order valence-electron chi connectivity index (χ0n) is 18.7. The molecule has 4 aromatic rings. The molecule has 1 N–H and O–H groups in total. The van der Waals surface area contributed by atoms with Crippen LogP contribution in [0.2, 0.25) is 5.02 Å². The molecule has 1 heterocycles. The minimum Gasteiger partial charge on any atom is -0.497 e. The molecule has 0 fully saturated rings. The number of aromatic nitrogens is 2. The summed E-state index contributed by atoms with van der Waals surface area (Å²) < 4.78 is 12.6. The van der Waals surface area contributed by atoms with E-state index in [1.54, 1.807) is 32.4 Å². The average molecular weight is 495 g/mol. The third kappa shape index (κ3) is 5.52. The number of ether oxygens (including phenoxy) is 2. The van der Waals surface area contributed by atoms with E-state index in [1.165, 1.54) is 18.0 Å². The summed E-state index contributed by atoms with van der Waals surface area (Å²) >= 11 is 7.73. The molecule has 34 heavy (non-hydrogen) atoms. The molecule has 0 saturated heterocycles. The summed E-state index contributed by atoms with van der Waals surface area (Å²) in [5.41, 5.74) is 6.07. The Morgan fingerprint density at radius 3 is 2.71 bits per heavy atom. The van der Waals surface area contributed by atoms with Gasteiger partial charge in [0.2, 0.25) is 0 Å². The number of nitrogens with zero attached hydrogens (tertiary/aromatic N) is 3. The summed E-state index contributed by atoms with van der Waals surface area (Å²) in [4.78, 5) is 17.2. The van der Waals surface area contributed by atoms with Crippen molar-refractivity contribution in [2.45, 2.75) is 11.7 Å². The van der Waals surface area contributed by atoms with Gasteiger partial charge in [0, 0.05) is 10.6 Å². The van der Waals surface area contributed by atoms with Gasteiger partial charge in [-0.2, -0.15) is 5.10 Å². The highest BCUT2D eigenvalue weighted by molar-refractivity contribution is 7.99. The minimum absolute atomic E-state index is 0.151. The van der Waals surface area contributed by atoms with Crippen LogP contribution < -0.4 is 14.9 Å². The van der Waals surface area contributed by atoms with Gasteiger partial charge >= 0.3 is 0 Å². The maximum Gasteiger partial charge on any atom is 0.250 e. The minimum atomic E-state index is -0.250. The van der Waals surface area contributed by atoms with Gasteiger partial charge < -0.3 is 14.0 Å². The van der Waals surface area contributed by atoms with Crippen molar-refractivity contribution in [1.29, 1.82) is 0 Å². The van der Waals surface area contributed by atoms with Crippen molar-refractivity contribution >= 4 is 46.5 Å². The van der Waals surface area contributed by atoms with Gasteiger partial charge in [-0.15, -0.1) is 0 Å². The van der Waals surface area contributed by atoms with E-state index in [0.29, 0.717) is 28.6 Å². The molecule has 1 aromatic heterocycles. The maximum absolute atomic E-state index is 12.5. The first-order valence-electron chi connectivity index (χ1n) is 10.4. The van der Waals surface area contributed by atoms with Crippen molar-refractivity contribution in [3.05, 3.63) is 82.9 Å². The number of hydrogen-bond acceptors (Lipinski definition) is 6. The van der Waals surface area contributed by atoms with Crippen LogP contribution in [-0.2, 0) is 11.3 Å². The number of methoxy groups -OCH3 is 2. The molecule has 0 atom stereocenters. The normalized spacial score (nSPS) is 11.1. The molecule has 3 aromatic carbocycles. The zero-order valence-corrected chi connectivity index (χ0v) is 20.3. The topological polar surface area (TPSA) is 77.7 Å². The first-order valence-corrected chi connectivity index (χ1v) is 11.8. The second-order valence-electron chi connectivity index (χ2n) is 7.25. The Labute approximate surface area is 206 Å². The summed E-state index contributed by atoms with van der Waals surface area (Å²) in [5.74, 6) is 1.20. The van der Waals surface area contributed by atoms with Crippen LogP contribution in [0.25, 0.3) is 11.0 Å². The highest BCUT2D eigenvalue weighted by Gasteiger charge is 2.14. The third-order valence-corrected chi connectivity index (χ3v) is 6.41. The van der Waals surface area contributed by atoms with Crippen molar-refractivity contribution < 1.29 is 14.3 Å². The Morgan fingerprint density at radius 1 is 1.12 bits per heavy atom. The third-order valence-electron chi connectivity index (χ3n) is 5.07. The number of benzene rings is 3. The number of para-hydroxylation sites is 2. The molecule has 9 heteroatoms. The van der Waals surface area contributed by atoms with Crippen molar-refractivity contribution in [1.82, 2.24) is 15.0 Å². The number of nitrogens with one attached hydrogen (secondary N) is 1. The van der Waals surface area contributed by atoms with Gasteiger partial charge in [-0.25, -0.2) is 10.4 Å². The number of hydrogen-bond donors (Lipinski definition) is 1. The first-order chi connectivity index (χ1) is 16.6. The molecule has 0 unspecified atom stereocenters. The summed E-state index contributed by atoms with van der Waals surface area (Å²) in [7, 11) is 3.16. The Bertz CT molecular complexity index is 1340. The number of imidazole rings is 1. The second kappa shape index (κ2) is 11.1. The number of fused-ring (bicyclic) bond motifs is 1. The van der Waals surface area contributed by atoms with Crippen LogP contribution in [0.15, 0.2) is 77.0 Å². The van der Waals surface area contributed by atoms with E-state index in [2.05, 4.69) is 15.1 Å². The van der Waals surface area contributed by atoms with E-state index >= 15 is 0 Å². The standard InChI is InChI=1S/C25H23ClN4O3S/c1-32-19-11-12-23(33-2)18(13-19)14-27-29-24(31)16-34-25-28-21-9-5-6-10-22(21)30(25)15-17-7-3-4-8-20(17)26/h3-14H,15-16H2,1-2H3,(H,29,31)/b27-14+. The molecular formula is C25H23ClN4O3S. The molecule has 0 bridgehead atoms. The van der Waals surface area contributed by atoms with Crippen molar-refractivity contribution in [2.24, 2.45) is 5.10 Å². The van der Waals surface area contributed by atoms with Crippen LogP contribution in [0.5, 0.6) is 11.5 Å². The number of halogens is 1. The number of carbonyl (C=O) groups is 1. The van der Waals surface area contributed by atoms with Crippen LogP contribution in [0.3, 0.4) is 0 Å². The number of hydrazone groups is 1. The van der Waals surface area contributed by atoms with Crippen molar-refractivity contribution in [3.63, 3.8) is 0 Å². The van der Waals surface area contributed by atoms with Crippen molar-refractivity contribution in [2.75, 3.05) is 20.0 Å². The summed E-state index contributed by atoms with van der Waals surface area (Å²) in [6.45, 7) is 0.553. The van der Waals surface area contributed by atoms with Gasteiger partial charge in [-0.3, -0.25) is 4.79 Å². The van der Waals surface area contributed by atoms with E-state index in [-0.39, 0.29) is 11.7 Å². The van der Waals surface area contributed by atoms with Gasteiger partial charge in [-0.1, -0.05) is 53.7 Å². The van der Waals surface area contributed by atoms with E-state index in [9.17, 15) is 4.79 Å². The molecule has 0 aliphatic heterocycles. The van der Waals surface area contributed by atoms with E-state index in [0.717, 1.165) is 21.8 Å². The SMILES string of the molecule is COc1ccc(OC)c(/C=N/NC(=O)CSc2nc3ccccc3n2Cc2ccccc2Cl)c1. The van der Waals surface area contributed by atoms with Crippen LogP contribution in [0.4, 0.5) is 0 Å². The van der Waals surface area contributed by atoms with Crippen LogP contribution >= 0.6 is 23.4 Å². The highest BCUT2D eigenvalue weighted by Crippen LogP contribution is 2.27. The smallest absolute Gasteiger partial charge is 0.250 e. The van der Waals surface area contributed by atoms with Gasteiger partial charge in [0.15, 0.2) is 5.16 Å². The molecule has 174 valence electrons. The van der Waals surface area contributed by atoms with Gasteiger partial charge in [-0.05, 0) is 42.0 Å². The fourth-order valence-electron chi connectivity index (χ4n) is 3.39. The summed E-state index contributed by atoms with van der Waals surface area (Å²) in [6.07, 6.45) is 1.52. The molecule has 0 aliphatic carbocycles. The highest BCUT2D eigenvalue weighted by atomic mass is 35.5. The predicted octanol–water partition coefficient (Wildman–Crippen LogP) is 5.00. The second-order valence-corrected chi connectivity index (χ2v) is 8.60. The van der Waals surface area contributed by atoms with E-state index < -0.39 is 0 Å². The fraction of sp³-hybridized carbons (Fsp3) is 0.160. The Morgan fingerprint density at radius 2 is 1.91 bits per heavy atom. The van der Waals surface area contributed by atoms with E-state index in [1.807, 2.05) is 48.5 Å². The Kier molecular flexibility index (Phi) is 7.72. The number of carbonyl (C=O) groups excluding carboxylic acids is 1. The Balaban J connectivity index is 1.46. The van der Waals surface area contributed by atoms with Crippen LogP contribution in [0.1, 0.15) is 11.1 Å². The van der Waals surface area contributed by atoms with E-state index in [4.69, 9.17) is 26.1 Å². The summed E-state index contributed by atoms with van der Waals surface area (Å²) in [6, 6.07) is 20.9. The molecule has 1 amide bonds. The lowest BCUT2D eigenvalue weighted by molar-refractivity contribution is -0.118. The molecular weight excluding hydrogens is 472 g/mol. The van der Waals surface area contributed by atoms with Crippen LogP contribution in [-0.4, -0.2) is 41.6 Å². The van der Waals surface area contributed by atoms with Crippen molar-refractivity contribution in [3.8, 4) is 11.5 Å². The first kappa shape index (κ1) is 23.7. The number of thioether (sulfide) groups is 1. The fourth-order valence-corrected chi connectivity index (χ4v) is 4.39. The van der Waals surface area contributed by atoms with Gasteiger partial charge in [0.05, 0.1) is 43.8 Å². The molecule has 4 rings (SSSR count). The molecule has 7 nitrogen and oxygen atoms in total. The quantitative estimate of drug-likeness (QED) is 0.201. The largest absolute Gasteiger partial charge is 0.497 e. The molecule has 0 radical (unpaired) electrons. The zero-order chi connectivity index (χ0) is 23.9. The lowest BCUT2D eigenvalue weighted by Crippen LogP contribution is -2.20. The summed E-state index contributed by atoms with van der Waals surface area (Å²) in [5, 5.41) is 5.49. The molecule has 0 spiro atoms. The number of amides is 1. The lowest BCUT2D eigenvalue weighted by Gasteiger charge is -2.10. The number of rotatable bonds is 9. The average Bonchev–Trinajstić information content (AvgIpc) is 3.21. The van der Waals surface area contributed by atoms with Crippen LogP contribution in [0, 0.1) is 0 Å². The maximum atomic E-state index is 12.5. The molecule has 0 aliphatic rings. The Hall–Kier alpha value is -3.49. The lowest BCUT2D eigenvalue weighted by atomic mass is 10.2.